The summed E-state index contributed by atoms with van der Waals surface area (Å²) in [6, 6.07) is 18.9. The molecule has 1 saturated carbocycles. The maximum atomic E-state index is 12.0. The van der Waals surface area contributed by atoms with Gasteiger partial charge in [-0.1, -0.05) is 59.6 Å². The first-order valence-electron chi connectivity index (χ1n) is 10.1. The smallest absolute Gasteiger partial charge is 0.251 e. The van der Waals surface area contributed by atoms with Crippen molar-refractivity contribution in [3.05, 3.63) is 70.7 Å². The van der Waals surface area contributed by atoms with E-state index in [1.165, 1.54) is 12.8 Å². The van der Waals surface area contributed by atoms with Gasteiger partial charge >= 0.3 is 0 Å². The average Bonchev–Trinajstić information content (AvgIpc) is 3.55. The lowest BCUT2D eigenvalue weighted by atomic mass is 10.2. The van der Waals surface area contributed by atoms with Crippen LogP contribution in [-0.4, -0.2) is 50.2 Å². The number of hydrogen-bond acceptors (Lipinski definition) is 3. The molecule has 2 aliphatic rings. The normalized spacial score (nSPS) is 18.2. The van der Waals surface area contributed by atoms with Crippen LogP contribution in [0, 0.1) is 5.92 Å². The minimum absolute atomic E-state index is 0.198. The summed E-state index contributed by atoms with van der Waals surface area (Å²) in [5.74, 6) is 0.973. The number of rotatable bonds is 5. The topological polar surface area (TPSA) is 41.6 Å². The molecule has 0 spiro atoms. The molecule has 0 bridgehead atoms. The maximum Gasteiger partial charge on any atom is 0.251 e. The summed E-state index contributed by atoms with van der Waals surface area (Å²) in [6.45, 7) is 3.28. The van der Waals surface area contributed by atoms with Gasteiger partial charge in [-0.05, 0) is 63.0 Å². The second-order valence-electron chi connectivity index (χ2n) is 7.07. The highest BCUT2D eigenvalue weighted by atomic mass is 35.5. The van der Waals surface area contributed by atoms with Gasteiger partial charge in [0, 0.05) is 23.1 Å². The van der Waals surface area contributed by atoms with E-state index >= 15 is 0 Å². The third kappa shape index (κ3) is 10.1. The maximum absolute atomic E-state index is 12.0. The van der Waals surface area contributed by atoms with E-state index in [-0.39, 0.29) is 12.0 Å². The highest BCUT2D eigenvalue weighted by Crippen LogP contribution is 2.30. The fourth-order valence-electron chi connectivity index (χ4n) is 2.80. The summed E-state index contributed by atoms with van der Waals surface area (Å²) in [6.07, 6.45) is 3.18. The highest BCUT2D eigenvalue weighted by molar-refractivity contribution is 6.30. The molecule has 1 N–H and O–H groups in total. The summed E-state index contributed by atoms with van der Waals surface area (Å²) in [5, 5.41) is 4.64. The van der Waals surface area contributed by atoms with Crippen LogP contribution in [-0.2, 0) is 9.53 Å². The van der Waals surface area contributed by atoms with Gasteiger partial charge in [-0.2, -0.15) is 0 Å². The van der Waals surface area contributed by atoms with E-state index in [0.29, 0.717) is 6.61 Å². The van der Waals surface area contributed by atoms with Crippen molar-refractivity contribution in [3.8, 4) is 0 Å². The van der Waals surface area contributed by atoms with Crippen LogP contribution in [0.1, 0.15) is 19.3 Å². The van der Waals surface area contributed by atoms with E-state index in [1.807, 2.05) is 72.6 Å². The lowest BCUT2D eigenvalue weighted by Gasteiger charge is -2.32. The first kappa shape index (κ1) is 23.7. The van der Waals surface area contributed by atoms with Crippen LogP contribution in [0.4, 0.5) is 0 Å². The third-order valence-corrected chi connectivity index (χ3v) is 5.07. The zero-order valence-corrected chi connectivity index (χ0v) is 18.4. The summed E-state index contributed by atoms with van der Waals surface area (Å²) >= 11 is 11.1. The minimum atomic E-state index is -0.204. The summed E-state index contributed by atoms with van der Waals surface area (Å²) in [7, 11) is 1.90. The molecule has 4 nitrogen and oxygen atoms in total. The molecule has 1 amide bonds. The van der Waals surface area contributed by atoms with Crippen molar-refractivity contribution in [2.75, 3.05) is 33.3 Å². The van der Waals surface area contributed by atoms with Crippen LogP contribution in [0.3, 0.4) is 0 Å². The molecule has 1 heterocycles. The number of hydrogen-bond donors (Lipinski definition) is 1. The van der Waals surface area contributed by atoms with Crippen molar-refractivity contribution in [2.45, 2.75) is 25.4 Å². The number of ether oxygens (including phenoxy) is 1. The molecule has 29 heavy (non-hydrogen) atoms. The zero-order chi connectivity index (χ0) is 20.9. The number of carbonyl (C=O) groups excluding carboxylic acids is 1. The Hall–Kier alpha value is -1.59. The Labute approximate surface area is 184 Å². The molecule has 2 aromatic rings. The van der Waals surface area contributed by atoms with E-state index in [2.05, 4.69) is 5.32 Å². The van der Waals surface area contributed by atoms with Crippen molar-refractivity contribution in [1.29, 1.82) is 0 Å². The number of nitrogens with zero attached hydrogens (tertiary/aromatic N) is 1. The lowest BCUT2D eigenvalue weighted by Crippen LogP contribution is -2.49. The first-order chi connectivity index (χ1) is 14.1. The number of morpholine rings is 1. The van der Waals surface area contributed by atoms with E-state index in [1.54, 1.807) is 0 Å². The molecule has 158 valence electrons. The summed E-state index contributed by atoms with van der Waals surface area (Å²) < 4.78 is 5.49. The van der Waals surface area contributed by atoms with Crippen LogP contribution in [0.25, 0.3) is 0 Å². The van der Waals surface area contributed by atoms with Gasteiger partial charge in [-0.15, -0.1) is 0 Å². The van der Waals surface area contributed by atoms with Gasteiger partial charge in [-0.25, -0.2) is 0 Å². The Morgan fingerprint density at radius 1 is 1.00 bits per heavy atom. The van der Waals surface area contributed by atoms with Gasteiger partial charge in [0.2, 0.25) is 0 Å². The molecule has 0 radical (unpaired) electrons. The van der Waals surface area contributed by atoms with Crippen molar-refractivity contribution in [2.24, 2.45) is 5.92 Å². The Balaban J connectivity index is 0.000000178. The minimum Gasteiger partial charge on any atom is -0.366 e. The summed E-state index contributed by atoms with van der Waals surface area (Å²) in [4.78, 5) is 14.0. The van der Waals surface area contributed by atoms with Crippen LogP contribution in [0.15, 0.2) is 60.7 Å². The number of benzene rings is 2. The third-order valence-electron chi connectivity index (χ3n) is 4.57. The predicted octanol–water partition coefficient (Wildman–Crippen LogP) is 4.91. The molecule has 0 aromatic heterocycles. The van der Waals surface area contributed by atoms with E-state index in [4.69, 9.17) is 27.9 Å². The number of nitrogens with one attached hydrogen (secondary N) is 1. The molecule has 0 unspecified atom stereocenters. The standard InChI is InChI=1S/C11H20N2O2.2C6H5Cl/c1-12-5-4-10-11(14)13(6-7-15-10)8-9-2-3-9;2*7-6-4-2-1-3-5-6/h9-10,12H,2-8H2,1H3;2*1-5H/t10-;;/m1../s1. The molecule has 6 heteroatoms. The van der Waals surface area contributed by atoms with E-state index in [9.17, 15) is 4.79 Å². The number of carbonyl (C=O) groups is 1. The fourth-order valence-corrected chi connectivity index (χ4v) is 3.09. The predicted molar refractivity (Wildman–Crippen MR) is 120 cm³/mol. The second-order valence-corrected chi connectivity index (χ2v) is 7.94. The quantitative estimate of drug-likeness (QED) is 0.723. The molecule has 1 aliphatic heterocycles. The molecule has 2 fully saturated rings. The van der Waals surface area contributed by atoms with Gasteiger partial charge < -0.3 is 15.0 Å². The molecule has 1 atom stereocenters. The molecular weight excluding hydrogens is 407 g/mol. The van der Waals surface area contributed by atoms with Gasteiger partial charge in [0.25, 0.3) is 5.91 Å². The molecule has 1 saturated heterocycles. The van der Waals surface area contributed by atoms with Crippen molar-refractivity contribution < 1.29 is 9.53 Å². The number of amides is 1. The summed E-state index contributed by atoms with van der Waals surface area (Å²) in [5.41, 5.74) is 0. The average molecular weight is 437 g/mol. The Morgan fingerprint density at radius 2 is 1.55 bits per heavy atom. The SMILES string of the molecule is CNCC[C@H]1OCCN(CC2CC2)C1=O.Clc1ccccc1.Clc1ccccc1. The monoisotopic (exact) mass is 436 g/mol. The molecular formula is C23H30Cl2N2O2. The van der Waals surface area contributed by atoms with Gasteiger partial charge in [0.15, 0.2) is 0 Å². The van der Waals surface area contributed by atoms with Gasteiger partial charge in [0.1, 0.15) is 6.10 Å². The molecule has 1 aliphatic carbocycles. The van der Waals surface area contributed by atoms with E-state index < -0.39 is 0 Å². The van der Waals surface area contributed by atoms with Crippen LogP contribution in [0.5, 0.6) is 0 Å². The van der Waals surface area contributed by atoms with Crippen LogP contribution < -0.4 is 5.32 Å². The Bertz CT molecular complexity index is 659. The van der Waals surface area contributed by atoms with Gasteiger partial charge in [-0.3, -0.25) is 4.79 Å². The Kier molecular flexibility index (Phi) is 11.1. The van der Waals surface area contributed by atoms with Crippen molar-refractivity contribution in [1.82, 2.24) is 10.2 Å². The van der Waals surface area contributed by atoms with Gasteiger partial charge in [0.05, 0.1) is 6.61 Å². The molecule has 4 rings (SSSR count). The lowest BCUT2D eigenvalue weighted by molar-refractivity contribution is -0.153. The van der Waals surface area contributed by atoms with Crippen LogP contribution >= 0.6 is 23.2 Å². The zero-order valence-electron chi connectivity index (χ0n) is 16.9. The highest BCUT2D eigenvalue weighted by Gasteiger charge is 2.33. The van der Waals surface area contributed by atoms with Crippen molar-refractivity contribution in [3.63, 3.8) is 0 Å². The van der Waals surface area contributed by atoms with E-state index in [0.717, 1.165) is 42.0 Å². The van der Waals surface area contributed by atoms with Crippen molar-refractivity contribution >= 4 is 29.1 Å². The molecule has 2 aromatic carbocycles. The second kappa shape index (κ2) is 13.6. The Morgan fingerprint density at radius 3 is 1.97 bits per heavy atom. The number of halogens is 2. The fraction of sp³-hybridized carbons (Fsp3) is 0.435. The first-order valence-corrected chi connectivity index (χ1v) is 10.8. The van der Waals surface area contributed by atoms with Crippen LogP contribution in [0.2, 0.25) is 10.0 Å². The largest absolute Gasteiger partial charge is 0.366 e.